The number of rotatable bonds is 43. The zero-order valence-corrected chi connectivity index (χ0v) is 46.4. The molecule has 3 rings (SSSR count). The van der Waals surface area contributed by atoms with Gasteiger partial charge in [-0.1, -0.05) is 174 Å². The number of carbonyl (C=O) groups is 1. The molecule has 2 aliphatic heterocycles. The van der Waals surface area contributed by atoms with Crippen LogP contribution in [0.1, 0.15) is 194 Å². The maximum Gasteiger partial charge on any atom is 0.472 e. The molecule has 0 spiro atoms. The molecule has 3 fully saturated rings. The zero-order chi connectivity index (χ0) is 55.9. The molecule has 450 valence electrons. The van der Waals surface area contributed by atoms with Crippen LogP contribution in [0.15, 0.2) is 0 Å². The minimum absolute atomic E-state index is 0.0641. The van der Waals surface area contributed by atoms with Gasteiger partial charge in [0.15, 0.2) is 12.6 Å². The normalized spacial score (nSPS) is 32.3. The predicted octanol–water partition coefficient (Wildman–Crippen LogP) is 3.85. The monoisotopic (exact) mass is 1120 g/mol. The van der Waals surface area contributed by atoms with E-state index >= 15 is 0 Å². The molecule has 0 bridgehead atoms. The third kappa shape index (κ3) is 25.0. The van der Waals surface area contributed by atoms with E-state index in [0.29, 0.717) is 19.4 Å². The molecule has 3 aliphatic rings. The number of aliphatic hydroxyl groups excluding tert-OH is 11. The van der Waals surface area contributed by atoms with Crippen LogP contribution in [-0.2, 0) is 46.8 Å². The summed E-state index contributed by atoms with van der Waals surface area (Å²) in [6.45, 7) is 1.90. The van der Waals surface area contributed by atoms with E-state index in [-0.39, 0.29) is 13.0 Å². The van der Waals surface area contributed by atoms with Crippen LogP contribution < -0.4 is 0 Å². The summed E-state index contributed by atoms with van der Waals surface area (Å²) in [6.07, 6.45) is -2.96. The van der Waals surface area contributed by atoms with Crippen molar-refractivity contribution in [1.29, 1.82) is 0 Å². The molecule has 76 heavy (non-hydrogen) atoms. The van der Waals surface area contributed by atoms with Crippen LogP contribution >= 0.6 is 7.82 Å². The van der Waals surface area contributed by atoms with Crippen molar-refractivity contribution < 1.29 is 108 Å². The summed E-state index contributed by atoms with van der Waals surface area (Å²) in [6, 6.07) is 0. The Morgan fingerprint density at radius 3 is 1.20 bits per heavy atom. The Kier molecular flexibility index (Phi) is 35.9. The lowest BCUT2D eigenvalue weighted by Gasteiger charge is -2.49. The first-order valence-corrected chi connectivity index (χ1v) is 30.4. The fourth-order valence-corrected chi connectivity index (χ4v) is 10.9. The molecule has 18 atom stereocenters. The first kappa shape index (κ1) is 69.2. The molecule has 0 radical (unpaired) electrons. The van der Waals surface area contributed by atoms with E-state index in [1.165, 1.54) is 109 Å². The van der Waals surface area contributed by atoms with Crippen LogP contribution in [-0.4, -0.2) is 204 Å². The molecule has 23 heteroatoms. The lowest BCUT2D eigenvalue weighted by atomic mass is 9.84. The van der Waals surface area contributed by atoms with Gasteiger partial charge in [-0.15, -0.1) is 0 Å². The van der Waals surface area contributed by atoms with E-state index < -0.39 is 138 Å². The van der Waals surface area contributed by atoms with Gasteiger partial charge in [0, 0.05) is 13.0 Å². The van der Waals surface area contributed by atoms with Crippen LogP contribution in [0.5, 0.6) is 0 Å². The third-order valence-electron chi connectivity index (χ3n) is 14.7. The van der Waals surface area contributed by atoms with Crippen LogP contribution in [0.4, 0.5) is 0 Å². The fourth-order valence-electron chi connectivity index (χ4n) is 9.89. The summed E-state index contributed by atoms with van der Waals surface area (Å²) in [7, 11) is -5.53. The van der Waals surface area contributed by atoms with Crippen molar-refractivity contribution in [2.45, 2.75) is 298 Å². The Bertz CT molecular complexity index is 1470. The molecule has 22 nitrogen and oxygen atoms in total. The van der Waals surface area contributed by atoms with Gasteiger partial charge in [0.1, 0.15) is 91.6 Å². The molecule has 12 N–H and O–H groups in total. The number of phosphoric acid groups is 1. The molecule has 0 aromatic carbocycles. The quantitative estimate of drug-likeness (QED) is 0.0234. The molecule has 2 saturated heterocycles. The van der Waals surface area contributed by atoms with E-state index in [1.807, 2.05) is 0 Å². The maximum absolute atomic E-state index is 14.0. The Labute approximate surface area is 451 Å². The number of aliphatic hydroxyl groups is 11. The van der Waals surface area contributed by atoms with E-state index in [4.69, 9.17) is 37.5 Å². The Balaban J connectivity index is 1.69. The molecule has 0 aromatic heterocycles. The SMILES string of the molecule is CCCCCCCCCCCCCCCCOC[C@H](COP(=O)(O)O[C@@H]1C(O[C@H]2OC(CO)[C@@H](O)[C@H](O)C2O)C(O)[C@@H](O)[C@H](O)C1O[C@H]1OC(CO)[C@@H](O)C(O)[C@H]1O)OC(=O)CCCCCCCCCCCCCCC. The molecule has 0 amide bonds. The lowest BCUT2D eigenvalue weighted by Crippen LogP contribution is -2.69. The van der Waals surface area contributed by atoms with Gasteiger partial charge >= 0.3 is 13.8 Å². The molecule has 2 heterocycles. The third-order valence-corrected chi connectivity index (χ3v) is 15.7. The topological polar surface area (TPSA) is 351 Å². The standard InChI is InChI=1S/C53H101O22P/c1-3-5-7-9-11-13-15-17-19-21-23-25-27-29-31-68-34-36(70-39(56)30-28-26-24-22-20-18-16-14-12-10-8-6-4-2)35-69-76(66,67)75-51-49(73-52-47(64)42(59)40(57)37(32-54)71-52)45(62)44(61)46(63)50(51)74-53-48(65)43(60)41(58)38(33-55)72-53/h36-38,40-55,57-65H,3-35H2,1-2H3,(H,66,67)/t36-,37?,38?,40-,41-,42+,43?,44-,45?,46+,47?,48-,49?,50?,51-,52-,53-/m1/s1. The van der Waals surface area contributed by atoms with Gasteiger partial charge in [0.25, 0.3) is 0 Å². The molecular weight excluding hydrogens is 1020 g/mol. The molecule has 1 saturated carbocycles. The number of phosphoric ester groups is 1. The van der Waals surface area contributed by atoms with Gasteiger partial charge in [0.2, 0.25) is 0 Å². The molecular formula is C53H101O22P. The highest BCUT2D eigenvalue weighted by atomic mass is 31.2. The second-order valence-corrected chi connectivity index (χ2v) is 22.6. The molecule has 0 aromatic rings. The second kappa shape index (κ2) is 39.4. The van der Waals surface area contributed by atoms with Crippen molar-refractivity contribution in [2.75, 3.05) is 33.0 Å². The highest BCUT2D eigenvalue weighted by Crippen LogP contribution is 2.49. The van der Waals surface area contributed by atoms with Gasteiger partial charge < -0.3 is 89.5 Å². The molecule has 8 unspecified atom stereocenters. The summed E-state index contributed by atoms with van der Waals surface area (Å²) < 4.78 is 58.8. The number of ether oxygens (including phenoxy) is 6. The van der Waals surface area contributed by atoms with Gasteiger partial charge in [-0.2, -0.15) is 0 Å². The Morgan fingerprint density at radius 1 is 0.461 bits per heavy atom. The number of hydrogen-bond donors (Lipinski definition) is 12. The van der Waals surface area contributed by atoms with Gasteiger partial charge in [-0.25, -0.2) is 4.57 Å². The molecule has 1 aliphatic carbocycles. The highest BCUT2D eigenvalue weighted by Gasteiger charge is 2.58. The van der Waals surface area contributed by atoms with Crippen LogP contribution in [0.3, 0.4) is 0 Å². The summed E-state index contributed by atoms with van der Waals surface area (Å²) in [5.41, 5.74) is 0. The van der Waals surface area contributed by atoms with Crippen molar-refractivity contribution in [3.63, 3.8) is 0 Å². The summed E-state index contributed by atoms with van der Waals surface area (Å²) in [4.78, 5) is 24.5. The second-order valence-electron chi connectivity index (χ2n) is 21.2. The van der Waals surface area contributed by atoms with Crippen LogP contribution in [0.25, 0.3) is 0 Å². The van der Waals surface area contributed by atoms with Crippen molar-refractivity contribution >= 4 is 13.8 Å². The van der Waals surface area contributed by atoms with E-state index in [1.54, 1.807) is 0 Å². The summed E-state index contributed by atoms with van der Waals surface area (Å²) >= 11 is 0. The lowest BCUT2D eigenvalue weighted by molar-refractivity contribution is -0.360. The minimum Gasteiger partial charge on any atom is -0.457 e. The number of hydrogen-bond acceptors (Lipinski definition) is 21. The van der Waals surface area contributed by atoms with E-state index in [0.717, 1.165) is 51.4 Å². The fraction of sp³-hybridized carbons (Fsp3) is 0.981. The summed E-state index contributed by atoms with van der Waals surface area (Å²) in [5.74, 6) is -0.598. The number of esters is 1. The van der Waals surface area contributed by atoms with Crippen molar-refractivity contribution in [3.05, 3.63) is 0 Å². The number of unbranched alkanes of at least 4 members (excludes halogenated alkanes) is 25. The highest BCUT2D eigenvalue weighted by molar-refractivity contribution is 7.47. The van der Waals surface area contributed by atoms with Gasteiger partial charge in [0.05, 0.1) is 26.4 Å². The van der Waals surface area contributed by atoms with Crippen molar-refractivity contribution in [2.24, 2.45) is 0 Å². The summed E-state index contributed by atoms with van der Waals surface area (Å²) in [5, 5.41) is 117. The predicted molar refractivity (Wildman–Crippen MR) is 277 cm³/mol. The van der Waals surface area contributed by atoms with Crippen LogP contribution in [0.2, 0.25) is 0 Å². The zero-order valence-electron chi connectivity index (χ0n) is 45.5. The first-order chi connectivity index (χ1) is 36.5. The smallest absolute Gasteiger partial charge is 0.457 e. The van der Waals surface area contributed by atoms with E-state index in [2.05, 4.69) is 13.8 Å². The Hall–Kier alpha value is -1.06. The average molecular weight is 1120 g/mol. The average Bonchev–Trinajstić information content (AvgIpc) is 3.41. The maximum atomic E-state index is 14.0. The van der Waals surface area contributed by atoms with Crippen LogP contribution in [0, 0.1) is 0 Å². The largest absolute Gasteiger partial charge is 0.472 e. The van der Waals surface area contributed by atoms with E-state index in [9.17, 15) is 70.4 Å². The van der Waals surface area contributed by atoms with Gasteiger partial charge in [-0.3, -0.25) is 13.8 Å². The van der Waals surface area contributed by atoms with Crippen molar-refractivity contribution in [1.82, 2.24) is 0 Å². The number of carbonyl (C=O) groups excluding carboxylic acids is 1. The minimum atomic E-state index is -5.53. The van der Waals surface area contributed by atoms with Crippen molar-refractivity contribution in [3.8, 4) is 0 Å². The Morgan fingerprint density at radius 2 is 0.816 bits per heavy atom. The first-order valence-electron chi connectivity index (χ1n) is 28.9. The van der Waals surface area contributed by atoms with Gasteiger partial charge in [-0.05, 0) is 12.8 Å².